The average Bonchev–Trinajstić information content (AvgIpc) is 2.48. The van der Waals surface area contributed by atoms with Gasteiger partial charge in [0.15, 0.2) is 0 Å². The summed E-state index contributed by atoms with van der Waals surface area (Å²) in [6, 6.07) is 7.52. The van der Waals surface area contributed by atoms with Crippen molar-refractivity contribution in [1.82, 2.24) is 9.97 Å². The van der Waals surface area contributed by atoms with Gasteiger partial charge in [-0.1, -0.05) is 0 Å². The van der Waals surface area contributed by atoms with Gasteiger partial charge >= 0.3 is 0 Å². The van der Waals surface area contributed by atoms with Gasteiger partial charge in [-0.3, -0.25) is 4.79 Å². The fourth-order valence-electron chi connectivity index (χ4n) is 2.48. The maximum atomic E-state index is 12.2. The van der Waals surface area contributed by atoms with E-state index in [2.05, 4.69) is 27.2 Å². The summed E-state index contributed by atoms with van der Waals surface area (Å²) in [5.74, 6) is 0.375. The molecule has 0 saturated heterocycles. The van der Waals surface area contributed by atoms with Gasteiger partial charge in [0.1, 0.15) is 12.1 Å². The lowest BCUT2D eigenvalue weighted by Crippen LogP contribution is -2.25. The number of rotatable bonds is 2. The normalized spacial score (nSPS) is 13.8. The van der Waals surface area contributed by atoms with E-state index in [1.165, 1.54) is 17.6 Å². The number of nitrogens with one attached hydrogen (secondary N) is 1. The van der Waals surface area contributed by atoms with Crippen LogP contribution in [0.1, 0.15) is 22.3 Å². The molecule has 1 amide bonds. The van der Waals surface area contributed by atoms with Crippen molar-refractivity contribution in [1.29, 1.82) is 0 Å². The number of hydrogen-bond acceptors (Lipinski definition) is 4. The minimum absolute atomic E-state index is 0.139. The van der Waals surface area contributed by atoms with Crippen LogP contribution in [-0.4, -0.2) is 29.5 Å². The maximum Gasteiger partial charge on any atom is 0.256 e. The SMILES string of the molecule is CN1CCCc2cc(C(=O)Nc3ccncn3)ccc21. The summed E-state index contributed by atoms with van der Waals surface area (Å²) in [7, 11) is 2.08. The molecular weight excluding hydrogens is 252 g/mol. The summed E-state index contributed by atoms with van der Waals surface area (Å²) >= 11 is 0. The van der Waals surface area contributed by atoms with Crippen LogP contribution in [0.3, 0.4) is 0 Å². The smallest absolute Gasteiger partial charge is 0.256 e. The molecule has 1 aliphatic heterocycles. The highest BCUT2D eigenvalue weighted by Gasteiger charge is 2.16. The second-order valence-electron chi connectivity index (χ2n) is 4.92. The van der Waals surface area contributed by atoms with Crippen molar-refractivity contribution in [3.8, 4) is 0 Å². The maximum absolute atomic E-state index is 12.2. The first kappa shape index (κ1) is 12.6. The Morgan fingerprint density at radius 3 is 3.05 bits per heavy atom. The topological polar surface area (TPSA) is 58.1 Å². The molecule has 0 radical (unpaired) electrons. The number of hydrogen-bond donors (Lipinski definition) is 1. The number of carbonyl (C=O) groups excluding carboxylic acids is 1. The third-order valence-electron chi connectivity index (χ3n) is 3.52. The van der Waals surface area contributed by atoms with E-state index < -0.39 is 0 Å². The van der Waals surface area contributed by atoms with Crippen molar-refractivity contribution in [2.75, 3.05) is 23.8 Å². The quantitative estimate of drug-likeness (QED) is 0.906. The molecule has 0 saturated carbocycles. The minimum Gasteiger partial charge on any atom is -0.374 e. The molecule has 0 bridgehead atoms. The molecule has 1 aromatic carbocycles. The Bertz CT molecular complexity index is 627. The molecule has 20 heavy (non-hydrogen) atoms. The van der Waals surface area contributed by atoms with E-state index in [9.17, 15) is 4.79 Å². The van der Waals surface area contributed by atoms with Crippen molar-refractivity contribution in [3.05, 3.63) is 47.9 Å². The molecule has 5 nitrogen and oxygen atoms in total. The number of nitrogens with zero attached hydrogens (tertiary/aromatic N) is 3. The van der Waals surface area contributed by atoms with Gasteiger partial charge in [-0.25, -0.2) is 9.97 Å². The Morgan fingerprint density at radius 2 is 2.25 bits per heavy atom. The summed E-state index contributed by atoms with van der Waals surface area (Å²) in [5, 5.41) is 2.77. The van der Waals surface area contributed by atoms with Gasteiger partial charge in [0.25, 0.3) is 5.91 Å². The van der Waals surface area contributed by atoms with E-state index in [1.54, 1.807) is 12.3 Å². The lowest BCUT2D eigenvalue weighted by atomic mass is 9.99. The van der Waals surface area contributed by atoms with Crippen LogP contribution in [0.2, 0.25) is 0 Å². The highest BCUT2D eigenvalue weighted by molar-refractivity contribution is 6.04. The molecule has 0 aliphatic carbocycles. The Balaban J connectivity index is 1.82. The van der Waals surface area contributed by atoms with Crippen LogP contribution in [0.4, 0.5) is 11.5 Å². The van der Waals surface area contributed by atoms with Gasteiger partial charge in [0, 0.05) is 31.0 Å². The highest BCUT2D eigenvalue weighted by Crippen LogP contribution is 2.26. The molecule has 1 aliphatic rings. The van der Waals surface area contributed by atoms with E-state index in [0.29, 0.717) is 11.4 Å². The van der Waals surface area contributed by atoms with Gasteiger partial charge in [0.05, 0.1) is 0 Å². The third-order valence-corrected chi connectivity index (χ3v) is 3.52. The van der Waals surface area contributed by atoms with Gasteiger partial charge in [-0.15, -0.1) is 0 Å². The van der Waals surface area contributed by atoms with E-state index in [4.69, 9.17) is 0 Å². The monoisotopic (exact) mass is 268 g/mol. The van der Waals surface area contributed by atoms with Gasteiger partial charge in [0.2, 0.25) is 0 Å². The Kier molecular flexibility index (Phi) is 3.33. The molecule has 0 atom stereocenters. The summed E-state index contributed by atoms with van der Waals surface area (Å²) < 4.78 is 0. The zero-order valence-corrected chi connectivity index (χ0v) is 11.3. The standard InChI is InChI=1S/C15H16N4O/c1-19-8-2-3-11-9-12(4-5-13(11)19)15(20)18-14-6-7-16-10-17-14/h4-7,9-10H,2-3,8H2,1H3,(H,16,17,18,20). The fraction of sp³-hybridized carbons (Fsp3) is 0.267. The zero-order valence-electron chi connectivity index (χ0n) is 11.3. The van der Waals surface area contributed by atoms with Gasteiger partial charge < -0.3 is 10.2 Å². The summed E-state index contributed by atoms with van der Waals surface area (Å²) in [4.78, 5) is 22.2. The number of anilines is 2. The number of aromatic nitrogens is 2. The molecule has 0 unspecified atom stereocenters. The summed E-state index contributed by atoms with van der Waals surface area (Å²) in [6.45, 7) is 1.07. The van der Waals surface area contributed by atoms with Crippen LogP contribution in [0.15, 0.2) is 36.8 Å². The molecular formula is C15H16N4O. The van der Waals surface area contributed by atoms with Crippen molar-refractivity contribution < 1.29 is 4.79 Å². The number of carbonyl (C=O) groups is 1. The molecule has 5 heteroatoms. The number of amides is 1. The molecule has 1 N–H and O–H groups in total. The predicted octanol–water partition coefficient (Wildman–Crippen LogP) is 2.11. The second-order valence-corrected chi connectivity index (χ2v) is 4.92. The van der Waals surface area contributed by atoms with Crippen molar-refractivity contribution >= 4 is 17.4 Å². The lowest BCUT2D eigenvalue weighted by Gasteiger charge is -2.27. The van der Waals surface area contributed by atoms with Crippen LogP contribution in [0, 0.1) is 0 Å². The second kappa shape index (κ2) is 5.28. The third kappa shape index (κ3) is 2.47. The number of aryl methyl sites for hydroxylation is 1. The largest absolute Gasteiger partial charge is 0.374 e. The Morgan fingerprint density at radius 1 is 1.35 bits per heavy atom. The Labute approximate surface area is 117 Å². The van der Waals surface area contributed by atoms with Crippen LogP contribution < -0.4 is 10.2 Å². The van der Waals surface area contributed by atoms with Crippen LogP contribution in [0.5, 0.6) is 0 Å². The van der Waals surface area contributed by atoms with Crippen LogP contribution in [-0.2, 0) is 6.42 Å². The van der Waals surface area contributed by atoms with Gasteiger partial charge in [-0.05, 0) is 42.7 Å². The van der Waals surface area contributed by atoms with Crippen molar-refractivity contribution in [2.24, 2.45) is 0 Å². The molecule has 1 aromatic heterocycles. The van der Waals surface area contributed by atoms with Crippen LogP contribution >= 0.6 is 0 Å². The number of benzene rings is 1. The summed E-state index contributed by atoms with van der Waals surface area (Å²) in [6.07, 6.45) is 5.16. The highest BCUT2D eigenvalue weighted by atomic mass is 16.1. The van der Waals surface area contributed by atoms with E-state index in [-0.39, 0.29) is 5.91 Å². The molecule has 3 rings (SSSR count). The number of fused-ring (bicyclic) bond motifs is 1. The first-order valence-corrected chi connectivity index (χ1v) is 6.65. The summed E-state index contributed by atoms with van der Waals surface area (Å²) in [5.41, 5.74) is 3.11. The molecule has 0 spiro atoms. The van der Waals surface area contributed by atoms with Crippen molar-refractivity contribution in [2.45, 2.75) is 12.8 Å². The molecule has 2 aromatic rings. The van der Waals surface area contributed by atoms with Crippen LogP contribution in [0.25, 0.3) is 0 Å². The van der Waals surface area contributed by atoms with Gasteiger partial charge in [-0.2, -0.15) is 0 Å². The molecule has 102 valence electrons. The van der Waals surface area contributed by atoms with Crippen molar-refractivity contribution in [3.63, 3.8) is 0 Å². The predicted molar refractivity (Wildman–Crippen MR) is 78.0 cm³/mol. The van der Waals surface area contributed by atoms with E-state index >= 15 is 0 Å². The lowest BCUT2D eigenvalue weighted by molar-refractivity contribution is 0.102. The molecule has 0 fully saturated rings. The minimum atomic E-state index is -0.139. The fourth-order valence-corrected chi connectivity index (χ4v) is 2.48. The first-order chi connectivity index (χ1) is 9.74. The van der Waals surface area contributed by atoms with E-state index in [1.807, 2.05) is 18.2 Å². The van der Waals surface area contributed by atoms with E-state index in [0.717, 1.165) is 19.4 Å². The Hall–Kier alpha value is -2.43. The first-order valence-electron chi connectivity index (χ1n) is 6.65. The molecule has 2 heterocycles. The average molecular weight is 268 g/mol. The zero-order chi connectivity index (χ0) is 13.9.